The summed E-state index contributed by atoms with van der Waals surface area (Å²) in [7, 11) is 0. The summed E-state index contributed by atoms with van der Waals surface area (Å²) in [4.78, 5) is 8.43. The summed E-state index contributed by atoms with van der Waals surface area (Å²) in [6.45, 7) is 1.74. The third-order valence-corrected chi connectivity index (χ3v) is 3.58. The Morgan fingerprint density at radius 3 is 2.63 bits per heavy atom. The van der Waals surface area contributed by atoms with E-state index >= 15 is 0 Å². The van der Waals surface area contributed by atoms with Crippen molar-refractivity contribution in [3.05, 3.63) is 38.7 Å². The Labute approximate surface area is 126 Å². The van der Waals surface area contributed by atoms with E-state index in [1.807, 2.05) is 12.1 Å². The molecule has 2 heterocycles. The zero-order chi connectivity index (χ0) is 13.6. The van der Waals surface area contributed by atoms with Crippen LogP contribution in [0.2, 0.25) is 10.2 Å². The number of aryl methyl sites for hydroxylation is 1. The fraction of sp³-hybridized carbons (Fsp3) is 0.0833. The Hall–Kier alpha value is -1.17. The van der Waals surface area contributed by atoms with E-state index in [-0.39, 0.29) is 5.15 Å². The fourth-order valence-corrected chi connectivity index (χ4v) is 2.84. The molecular weight excluding hydrogens is 353 g/mol. The van der Waals surface area contributed by atoms with E-state index in [1.165, 1.54) is 0 Å². The van der Waals surface area contributed by atoms with Crippen LogP contribution < -0.4 is 0 Å². The molecule has 0 N–H and O–H groups in total. The van der Waals surface area contributed by atoms with Crippen LogP contribution in [0.5, 0.6) is 0 Å². The van der Waals surface area contributed by atoms with Gasteiger partial charge in [-0.15, -0.1) is 0 Å². The number of hydrogen-bond donors (Lipinski definition) is 0. The summed E-state index contributed by atoms with van der Waals surface area (Å²) in [6.07, 6.45) is 0. The molecule has 19 heavy (non-hydrogen) atoms. The predicted octanol–water partition coefficient (Wildman–Crippen LogP) is 4.66. The van der Waals surface area contributed by atoms with Gasteiger partial charge in [-0.1, -0.05) is 44.3 Å². The maximum Gasteiger partial charge on any atom is 0.261 e. The van der Waals surface area contributed by atoms with Gasteiger partial charge in [0.1, 0.15) is 5.15 Å². The van der Waals surface area contributed by atoms with Gasteiger partial charge in [0.15, 0.2) is 5.82 Å². The van der Waals surface area contributed by atoms with Gasteiger partial charge in [-0.3, -0.25) is 0 Å². The monoisotopic (exact) mass is 357 g/mol. The van der Waals surface area contributed by atoms with Gasteiger partial charge >= 0.3 is 0 Å². The van der Waals surface area contributed by atoms with Crippen molar-refractivity contribution in [2.45, 2.75) is 6.92 Å². The molecule has 0 unspecified atom stereocenters. The number of halogens is 3. The van der Waals surface area contributed by atoms with Crippen LogP contribution in [0.3, 0.4) is 0 Å². The lowest BCUT2D eigenvalue weighted by Gasteiger charge is -2.04. The highest BCUT2D eigenvalue weighted by molar-refractivity contribution is 9.10. The third-order valence-electron chi connectivity index (χ3n) is 2.55. The number of fused-ring (bicyclic) bond motifs is 1. The van der Waals surface area contributed by atoms with E-state index in [1.54, 1.807) is 13.0 Å². The van der Waals surface area contributed by atoms with Crippen LogP contribution in [0, 0.1) is 6.92 Å². The minimum Gasteiger partial charge on any atom is -0.334 e. The van der Waals surface area contributed by atoms with Gasteiger partial charge in [-0.25, -0.2) is 4.98 Å². The Morgan fingerprint density at radius 2 is 1.95 bits per heavy atom. The van der Waals surface area contributed by atoms with Crippen LogP contribution in [0.1, 0.15) is 5.82 Å². The molecule has 0 saturated heterocycles. The largest absolute Gasteiger partial charge is 0.334 e. The second-order valence-electron chi connectivity index (χ2n) is 3.93. The minimum atomic E-state index is 0.278. The highest BCUT2D eigenvalue weighted by Crippen LogP contribution is 2.33. The summed E-state index contributed by atoms with van der Waals surface area (Å²) < 4.78 is 5.97. The van der Waals surface area contributed by atoms with Crippen molar-refractivity contribution in [2.75, 3.05) is 0 Å². The predicted molar refractivity (Wildman–Crippen MR) is 77.5 cm³/mol. The van der Waals surface area contributed by atoms with Gasteiger partial charge < -0.3 is 4.52 Å². The quantitative estimate of drug-likeness (QED) is 0.593. The number of hydrogen-bond acceptors (Lipinski definition) is 4. The number of nitrogens with zero attached hydrogens (tertiary/aromatic N) is 3. The van der Waals surface area contributed by atoms with Crippen LogP contribution in [0.15, 0.2) is 27.2 Å². The highest BCUT2D eigenvalue weighted by Gasteiger charge is 2.14. The zero-order valence-electron chi connectivity index (χ0n) is 9.62. The molecular formula is C12H6BrCl2N3O. The summed E-state index contributed by atoms with van der Waals surface area (Å²) in [5, 5.41) is 5.39. The molecule has 0 radical (unpaired) electrons. The van der Waals surface area contributed by atoms with Crippen molar-refractivity contribution >= 4 is 50.0 Å². The molecule has 0 bridgehead atoms. The molecule has 0 aliphatic carbocycles. The molecule has 0 aliphatic rings. The maximum absolute atomic E-state index is 6.15. The average Bonchev–Trinajstić information content (AvgIpc) is 2.76. The molecule has 0 spiro atoms. The molecule has 4 nitrogen and oxygen atoms in total. The van der Waals surface area contributed by atoms with Crippen LogP contribution >= 0.6 is 39.1 Å². The normalized spacial score (nSPS) is 11.2. The number of pyridine rings is 1. The summed E-state index contributed by atoms with van der Waals surface area (Å²) in [5.74, 6) is 0.881. The standard InChI is InChI=1S/C12H6BrCl2N3O/c1-5-16-12(19-18-5)8-3-6-2-7(13)4-9(14)10(6)17-11(8)15/h2-4H,1H3. The first-order valence-electron chi connectivity index (χ1n) is 5.30. The first-order valence-corrected chi connectivity index (χ1v) is 6.85. The van der Waals surface area contributed by atoms with Crippen molar-refractivity contribution in [2.24, 2.45) is 0 Å². The van der Waals surface area contributed by atoms with Gasteiger partial charge in [-0.2, -0.15) is 4.98 Å². The number of aromatic nitrogens is 3. The van der Waals surface area contributed by atoms with E-state index < -0.39 is 0 Å². The molecule has 1 aromatic carbocycles. The number of benzene rings is 1. The lowest BCUT2D eigenvalue weighted by molar-refractivity contribution is 0.425. The van der Waals surface area contributed by atoms with E-state index in [4.69, 9.17) is 27.7 Å². The van der Waals surface area contributed by atoms with E-state index in [0.29, 0.717) is 27.8 Å². The lowest BCUT2D eigenvalue weighted by Crippen LogP contribution is -1.88. The molecule has 0 fully saturated rings. The molecule has 0 aliphatic heterocycles. The second kappa shape index (κ2) is 4.74. The van der Waals surface area contributed by atoms with Crippen LogP contribution in [-0.4, -0.2) is 15.1 Å². The van der Waals surface area contributed by atoms with Crippen LogP contribution in [0.25, 0.3) is 22.4 Å². The summed E-state index contributed by atoms with van der Waals surface area (Å²) in [5.41, 5.74) is 1.22. The Bertz CT molecular complexity index is 788. The van der Waals surface area contributed by atoms with E-state index in [2.05, 4.69) is 31.1 Å². The molecule has 3 rings (SSSR count). The van der Waals surface area contributed by atoms with Gasteiger partial charge in [0.05, 0.1) is 16.1 Å². The first-order chi connectivity index (χ1) is 9.04. The van der Waals surface area contributed by atoms with Crippen molar-refractivity contribution in [3.8, 4) is 11.5 Å². The first kappa shape index (κ1) is 12.8. The maximum atomic E-state index is 6.15. The van der Waals surface area contributed by atoms with Gasteiger partial charge in [0.2, 0.25) is 0 Å². The summed E-state index contributed by atoms with van der Waals surface area (Å²) >= 11 is 15.7. The van der Waals surface area contributed by atoms with Crippen molar-refractivity contribution in [3.63, 3.8) is 0 Å². The smallest absolute Gasteiger partial charge is 0.261 e. The SMILES string of the molecule is Cc1noc(-c2cc3cc(Br)cc(Cl)c3nc2Cl)n1. The third kappa shape index (κ3) is 2.33. The zero-order valence-corrected chi connectivity index (χ0v) is 12.7. The molecule has 2 aromatic heterocycles. The van der Waals surface area contributed by atoms with Gasteiger partial charge in [0.25, 0.3) is 5.89 Å². The van der Waals surface area contributed by atoms with Gasteiger partial charge in [-0.05, 0) is 25.1 Å². The number of rotatable bonds is 1. The molecule has 96 valence electrons. The average molecular weight is 359 g/mol. The van der Waals surface area contributed by atoms with Crippen molar-refractivity contribution in [1.82, 2.24) is 15.1 Å². The topological polar surface area (TPSA) is 51.8 Å². The molecule has 0 amide bonds. The van der Waals surface area contributed by atoms with Crippen molar-refractivity contribution < 1.29 is 4.52 Å². The highest BCUT2D eigenvalue weighted by atomic mass is 79.9. The molecule has 7 heteroatoms. The van der Waals surface area contributed by atoms with Crippen LogP contribution in [-0.2, 0) is 0 Å². The Balaban J connectivity index is 2.30. The lowest BCUT2D eigenvalue weighted by atomic mass is 10.1. The molecule has 0 saturated carbocycles. The fourth-order valence-electron chi connectivity index (χ4n) is 1.74. The van der Waals surface area contributed by atoms with E-state index in [9.17, 15) is 0 Å². The van der Waals surface area contributed by atoms with Crippen molar-refractivity contribution in [1.29, 1.82) is 0 Å². The Kier molecular flexibility index (Phi) is 3.20. The second-order valence-corrected chi connectivity index (χ2v) is 5.61. The minimum absolute atomic E-state index is 0.278. The molecule has 3 aromatic rings. The van der Waals surface area contributed by atoms with Crippen LogP contribution in [0.4, 0.5) is 0 Å². The Morgan fingerprint density at radius 1 is 1.16 bits per heavy atom. The molecule has 0 atom stereocenters. The van der Waals surface area contributed by atoms with E-state index in [0.717, 1.165) is 9.86 Å². The summed E-state index contributed by atoms with van der Waals surface area (Å²) in [6, 6.07) is 5.50. The van der Waals surface area contributed by atoms with Gasteiger partial charge in [0, 0.05) is 9.86 Å².